The lowest BCUT2D eigenvalue weighted by molar-refractivity contribution is -0.128. The maximum absolute atomic E-state index is 13.0. The fourth-order valence-electron chi connectivity index (χ4n) is 3.32. The van der Waals surface area contributed by atoms with E-state index in [9.17, 15) is 14.0 Å². The van der Waals surface area contributed by atoms with Crippen molar-refractivity contribution in [2.75, 3.05) is 18.4 Å². The lowest BCUT2D eigenvalue weighted by Crippen LogP contribution is -2.30. The van der Waals surface area contributed by atoms with Gasteiger partial charge in [0.25, 0.3) is 0 Å². The van der Waals surface area contributed by atoms with E-state index in [0.29, 0.717) is 28.3 Å². The summed E-state index contributed by atoms with van der Waals surface area (Å²) >= 11 is 2.76. The molecule has 1 fully saturated rings. The first kappa shape index (κ1) is 21.5. The summed E-state index contributed by atoms with van der Waals surface area (Å²) in [5.41, 5.74) is 2.15. The molecule has 2 heterocycles. The average molecular weight is 457 g/mol. The average Bonchev–Trinajstić information content (AvgIpc) is 3.39. The molecule has 0 saturated carbocycles. The Kier molecular flexibility index (Phi) is 6.93. The molecule has 31 heavy (non-hydrogen) atoms. The molecule has 3 aromatic rings. The van der Waals surface area contributed by atoms with Crippen LogP contribution < -0.4 is 5.32 Å². The van der Waals surface area contributed by atoms with E-state index in [-0.39, 0.29) is 30.0 Å². The van der Waals surface area contributed by atoms with Crippen molar-refractivity contribution in [3.63, 3.8) is 0 Å². The van der Waals surface area contributed by atoms with Crippen molar-refractivity contribution in [1.82, 2.24) is 15.1 Å². The molecule has 1 saturated heterocycles. The zero-order valence-electron chi connectivity index (χ0n) is 16.7. The molecule has 1 atom stereocenters. The minimum atomic E-state index is -0.387. The molecular formula is C22H21FN4O2S2. The van der Waals surface area contributed by atoms with Crippen molar-refractivity contribution in [3.05, 3.63) is 71.5 Å². The summed E-state index contributed by atoms with van der Waals surface area (Å²) in [5.74, 6) is -0.219. The minimum absolute atomic E-state index is 0.00360. The number of nitrogens with zero attached hydrogens (tertiary/aromatic N) is 3. The van der Waals surface area contributed by atoms with E-state index < -0.39 is 0 Å². The molecule has 1 unspecified atom stereocenters. The third kappa shape index (κ3) is 5.89. The maximum atomic E-state index is 13.0. The Labute approximate surface area is 187 Å². The van der Waals surface area contributed by atoms with E-state index in [0.717, 1.165) is 12.0 Å². The van der Waals surface area contributed by atoms with Gasteiger partial charge < -0.3 is 10.2 Å². The SMILES string of the molecule is O=C(Nc1nnc(SCc2ccc(F)cc2)s1)C1CC(=O)N(CCc2ccccc2)C1. The van der Waals surface area contributed by atoms with Crippen molar-refractivity contribution < 1.29 is 14.0 Å². The number of carbonyl (C=O) groups is 2. The van der Waals surface area contributed by atoms with Crippen molar-refractivity contribution in [1.29, 1.82) is 0 Å². The highest BCUT2D eigenvalue weighted by atomic mass is 32.2. The van der Waals surface area contributed by atoms with E-state index >= 15 is 0 Å². The van der Waals surface area contributed by atoms with Crippen LogP contribution in [0.3, 0.4) is 0 Å². The third-order valence-electron chi connectivity index (χ3n) is 5.01. The number of nitrogens with one attached hydrogen (secondary N) is 1. The van der Waals surface area contributed by atoms with Crippen LogP contribution in [-0.2, 0) is 21.8 Å². The van der Waals surface area contributed by atoms with Crippen molar-refractivity contribution in [3.8, 4) is 0 Å². The van der Waals surface area contributed by atoms with Crippen molar-refractivity contribution in [2.24, 2.45) is 5.92 Å². The molecule has 0 radical (unpaired) electrons. The Morgan fingerprint density at radius 1 is 1.13 bits per heavy atom. The first-order chi connectivity index (χ1) is 15.1. The lowest BCUT2D eigenvalue weighted by atomic mass is 10.1. The highest BCUT2D eigenvalue weighted by molar-refractivity contribution is 8.00. The van der Waals surface area contributed by atoms with Gasteiger partial charge in [-0.15, -0.1) is 10.2 Å². The number of benzene rings is 2. The van der Waals surface area contributed by atoms with Crippen LogP contribution in [0.5, 0.6) is 0 Å². The predicted octanol–water partition coefficient (Wildman–Crippen LogP) is 4.00. The molecule has 0 aliphatic carbocycles. The Morgan fingerprint density at radius 2 is 1.90 bits per heavy atom. The van der Waals surface area contributed by atoms with Gasteiger partial charge in [0.05, 0.1) is 5.92 Å². The molecule has 1 aliphatic heterocycles. The Hall–Kier alpha value is -2.78. The normalized spacial score (nSPS) is 16.0. The number of likely N-dealkylation sites (tertiary alicyclic amines) is 1. The molecule has 6 nitrogen and oxygen atoms in total. The van der Waals surface area contributed by atoms with Crippen LogP contribution in [0.15, 0.2) is 58.9 Å². The van der Waals surface area contributed by atoms with E-state index in [1.807, 2.05) is 30.3 Å². The number of carbonyl (C=O) groups excluding carboxylic acids is 2. The Balaban J connectivity index is 1.25. The second kappa shape index (κ2) is 10.0. The van der Waals surface area contributed by atoms with Crippen LogP contribution in [0.25, 0.3) is 0 Å². The van der Waals surface area contributed by atoms with Gasteiger partial charge in [0.15, 0.2) is 4.34 Å². The minimum Gasteiger partial charge on any atom is -0.342 e. The summed E-state index contributed by atoms with van der Waals surface area (Å²) in [6, 6.07) is 16.3. The first-order valence-corrected chi connectivity index (χ1v) is 11.7. The van der Waals surface area contributed by atoms with Crippen LogP contribution in [0.1, 0.15) is 17.5 Å². The van der Waals surface area contributed by atoms with Crippen LogP contribution >= 0.6 is 23.1 Å². The van der Waals surface area contributed by atoms with Gasteiger partial charge >= 0.3 is 0 Å². The van der Waals surface area contributed by atoms with Crippen molar-refractivity contribution in [2.45, 2.75) is 22.9 Å². The fourth-order valence-corrected chi connectivity index (χ4v) is 5.04. The van der Waals surface area contributed by atoms with Gasteiger partial charge in [-0.25, -0.2) is 4.39 Å². The van der Waals surface area contributed by atoms with Gasteiger partial charge in [-0.1, -0.05) is 65.6 Å². The smallest absolute Gasteiger partial charge is 0.231 e. The number of thioether (sulfide) groups is 1. The molecule has 2 amide bonds. The van der Waals surface area contributed by atoms with Crippen LogP contribution in [0.2, 0.25) is 0 Å². The Bertz CT molecular complexity index is 1040. The van der Waals surface area contributed by atoms with Gasteiger partial charge in [0.1, 0.15) is 5.82 Å². The summed E-state index contributed by atoms with van der Waals surface area (Å²) in [5, 5.41) is 11.3. The second-order valence-corrected chi connectivity index (χ2v) is 9.45. The largest absolute Gasteiger partial charge is 0.342 e. The molecule has 2 aromatic carbocycles. The van der Waals surface area contributed by atoms with Gasteiger partial charge in [-0.2, -0.15) is 0 Å². The van der Waals surface area contributed by atoms with E-state index in [1.165, 1.54) is 40.8 Å². The summed E-state index contributed by atoms with van der Waals surface area (Å²) < 4.78 is 13.7. The molecule has 1 aliphatic rings. The van der Waals surface area contributed by atoms with E-state index in [1.54, 1.807) is 17.0 Å². The van der Waals surface area contributed by atoms with E-state index in [2.05, 4.69) is 15.5 Å². The standard InChI is InChI=1S/C22H21FN4O2S2/c23-18-8-6-16(7-9-18)14-30-22-26-25-21(31-22)24-20(29)17-12-19(28)27(13-17)11-10-15-4-2-1-3-5-15/h1-9,17H,10-14H2,(H,24,25,29). The van der Waals surface area contributed by atoms with Gasteiger partial charge in [-0.3, -0.25) is 9.59 Å². The van der Waals surface area contributed by atoms with Crippen LogP contribution in [0.4, 0.5) is 9.52 Å². The molecule has 1 aromatic heterocycles. The molecule has 0 bridgehead atoms. The summed E-state index contributed by atoms with van der Waals surface area (Å²) in [7, 11) is 0. The van der Waals surface area contributed by atoms with E-state index in [4.69, 9.17) is 0 Å². The molecule has 1 N–H and O–H groups in total. The Morgan fingerprint density at radius 3 is 2.68 bits per heavy atom. The molecule has 4 rings (SSSR count). The number of rotatable bonds is 8. The van der Waals surface area contributed by atoms with Crippen LogP contribution in [0, 0.1) is 11.7 Å². The highest BCUT2D eigenvalue weighted by Crippen LogP contribution is 2.29. The number of hydrogen-bond acceptors (Lipinski definition) is 6. The highest BCUT2D eigenvalue weighted by Gasteiger charge is 2.34. The number of amides is 2. The van der Waals surface area contributed by atoms with Gasteiger partial charge in [-0.05, 0) is 29.7 Å². The molecule has 160 valence electrons. The first-order valence-electron chi connectivity index (χ1n) is 9.90. The monoisotopic (exact) mass is 456 g/mol. The second-order valence-electron chi connectivity index (χ2n) is 7.25. The number of halogens is 1. The quantitative estimate of drug-likeness (QED) is 0.410. The molecular weight excluding hydrogens is 435 g/mol. The summed E-state index contributed by atoms with van der Waals surface area (Å²) in [4.78, 5) is 26.7. The van der Waals surface area contributed by atoms with Gasteiger partial charge in [0.2, 0.25) is 16.9 Å². The van der Waals surface area contributed by atoms with Crippen LogP contribution in [-0.4, -0.2) is 40.0 Å². The predicted molar refractivity (Wildman–Crippen MR) is 119 cm³/mol. The number of aromatic nitrogens is 2. The van der Waals surface area contributed by atoms with Gasteiger partial charge in [0, 0.05) is 25.3 Å². The molecule has 9 heteroatoms. The third-order valence-corrected chi connectivity index (χ3v) is 7.05. The lowest BCUT2D eigenvalue weighted by Gasteiger charge is -2.16. The molecule has 0 spiro atoms. The zero-order chi connectivity index (χ0) is 21.6. The number of anilines is 1. The fraction of sp³-hybridized carbons (Fsp3) is 0.273. The summed E-state index contributed by atoms with van der Waals surface area (Å²) in [6.45, 7) is 1.03. The number of hydrogen-bond donors (Lipinski definition) is 1. The summed E-state index contributed by atoms with van der Waals surface area (Å²) in [6.07, 6.45) is 0.984. The van der Waals surface area contributed by atoms with Crippen molar-refractivity contribution >= 4 is 40.0 Å². The maximum Gasteiger partial charge on any atom is 0.231 e. The topological polar surface area (TPSA) is 75.2 Å². The zero-order valence-corrected chi connectivity index (χ0v) is 18.3.